The molecule has 0 amide bonds. The summed E-state index contributed by atoms with van der Waals surface area (Å²) in [5.41, 5.74) is 0. The molecule has 1 aliphatic heterocycles. The van der Waals surface area contributed by atoms with Crippen LogP contribution in [0.15, 0.2) is 0 Å². The quantitative estimate of drug-likeness (QED) is 0.810. The zero-order valence-electron chi connectivity index (χ0n) is 13.2. The molecular formula is C15H31ClN2O2S. The maximum absolute atomic E-state index is 12.5. The van der Waals surface area contributed by atoms with Gasteiger partial charge in [0.05, 0.1) is 5.75 Å². The fourth-order valence-electron chi connectivity index (χ4n) is 3.50. The van der Waals surface area contributed by atoms with E-state index in [0.29, 0.717) is 17.6 Å². The molecule has 0 unspecified atom stereocenters. The van der Waals surface area contributed by atoms with Crippen molar-refractivity contribution in [3.8, 4) is 0 Å². The van der Waals surface area contributed by atoms with E-state index in [0.717, 1.165) is 51.9 Å². The van der Waals surface area contributed by atoms with Gasteiger partial charge in [0.15, 0.2) is 0 Å². The second-order valence-electron chi connectivity index (χ2n) is 6.43. The maximum atomic E-state index is 12.5. The van der Waals surface area contributed by atoms with Crippen molar-refractivity contribution >= 4 is 22.4 Å². The molecule has 1 saturated carbocycles. The number of nitrogens with one attached hydrogen (secondary N) is 1. The van der Waals surface area contributed by atoms with E-state index in [9.17, 15) is 8.42 Å². The Kier molecular flexibility index (Phi) is 8.54. The topological polar surface area (TPSA) is 49.4 Å². The highest BCUT2D eigenvalue weighted by Crippen LogP contribution is 2.27. The van der Waals surface area contributed by atoms with Gasteiger partial charge >= 0.3 is 0 Å². The Morgan fingerprint density at radius 2 is 1.62 bits per heavy atom. The lowest BCUT2D eigenvalue weighted by molar-refractivity contribution is 0.265. The third-order valence-electron chi connectivity index (χ3n) is 4.82. The predicted octanol–water partition coefficient (Wildman–Crippen LogP) is 2.64. The Labute approximate surface area is 136 Å². The Morgan fingerprint density at radius 3 is 2.19 bits per heavy atom. The summed E-state index contributed by atoms with van der Waals surface area (Å²) in [4.78, 5) is 0. The second-order valence-corrected chi connectivity index (χ2v) is 8.45. The summed E-state index contributed by atoms with van der Waals surface area (Å²) in [6.45, 7) is 5.60. The van der Waals surface area contributed by atoms with Gasteiger partial charge in [-0.1, -0.05) is 26.2 Å². The van der Waals surface area contributed by atoms with Crippen molar-refractivity contribution in [1.82, 2.24) is 9.62 Å². The highest BCUT2D eigenvalue weighted by Gasteiger charge is 2.30. The van der Waals surface area contributed by atoms with E-state index in [1.54, 1.807) is 4.31 Å². The summed E-state index contributed by atoms with van der Waals surface area (Å²) in [6.07, 6.45) is 7.95. The largest absolute Gasteiger partial charge is 0.317 e. The average molecular weight is 339 g/mol. The van der Waals surface area contributed by atoms with Gasteiger partial charge in [-0.3, -0.25) is 0 Å². The first-order valence-corrected chi connectivity index (χ1v) is 9.91. The number of hydrogen-bond acceptors (Lipinski definition) is 3. The van der Waals surface area contributed by atoms with Crippen LogP contribution in [0.2, 0.25) is 0 Å². The number of rotatable bonds is 6. The summed E-state index contributed by atoms with van der Waals surface area (Å²) in [7, 11) is -3.01. The molecule has 0 aromatic rings. The van der Waals surface area contributed by atoms with E-state index >= 15 is 0 Å². The molecule has 0 radical (unpaired) electrons. The Bertz CT molecular complexity index is 375. The summed E-state index contributed by atoms with van der Waals surface area (Å²) in [5, 5.41) is 3.37. The van der Waals surface area contributed by atoms with Crippen LogP contribution in [0.4, 0.5) is 0 Å². The van der Waals surface area contributed by atoms with Gasteiger partial charge in [-0.15, -0.1) is 12.4 Å². The summed E-state index contributed by atoms with van der Waals surface area (Å²) in [6, 6.07) is 0. The minimum absolute atomic E-state index is 0. The SMILES string of the molecule is CCNCC1CCN(S(=O)(=O)CC2CCCCC2)CC1.Cl. The Morgan fingerprint density at radius 1 is 1.00 bits per heavy atom. The van der Waals surface area contributed by atoms with E-state index < -0.39 is 10.0 Å². The van der Waals surface area contributed by atoms with Crippen LogP contribution >= 0.6 is 12.4 Å². The average Bonchev–Trinajstić information content (AvgIpc) is 2.46. The molecule has 0 spiro atoms. The van der Waals surface area contributed by atoms with Crippen LogP contribution < -0.4 is 5.32 Å². The molecule has 4 nitrogen and oxygen atoms in total. The van der Waals surface area contributed by atoms with Crippen LogP contribution in [-0.4, -0.2) is 44.7 Å². The standard InChI is InChI=1S/C15H30N2O2S.ClH/c1-2-16-12-14-8-10-17(11-9-14)20(18,19)13-15-6-4-3-5-7-15;/h14-16H,2-13H2,1H3;1H. The zero-order chi connectivity index (χ0) is 14.4. The summed E-state index contributed by atoms with van der Waals surface area (Å²) in [5.74, 6) is 1.45. The molecule has 1 N–H and O–H groups in total. The van der Waals surface area contributed by atoms with Gasteiger partial charge in [-0.25, -0.2) is 12.7 Å². The molecule has 2 aliphatic rings. The number of nitrogens with zero attached hydrogens (tertiary/aromatic N) is 1. The van der Waals surface area contributed by atoms with Gasteiger partial charge in [0, 0.05) is 13.1 Å². The van der Waals surface area contributed by atoms with Crippen LogP contribution in [0.3, 0.4) is 0 Å². The van der Waals surface area contributed by atoms with E-state index in [1.165, 1.54) is 19.3 Å². The Balaban J connectivity index is 0.00000220. The summed E-state index contributed by atoms with van der Waals surface area (Å²) < 4.78 is 26.7. The molecule has 6 heteroatoms. The fourth-order valence-corrected chi connectivity index (χ4v) is 5.40. The van der Waals surface area contributed by atoms with Crippen LogP contribution in [0.25, 0.3) is 0 Å². The highest BCUT2D eigenvalue weighted by atomic mass is 35.5. The number of sulfonamides is 1. The van der Waals surface area contributed by atoms with Crippen LogP contribution in [0, 0.1) is 11.8 Å². The molecule has 1 saturated heterocycles. The second kappa shape index (κ2) is 9.33. The molecule has 0 aromatic carbocycles. The van der Waals surface area contributed by atoms with Crippen LogP contribution in [0.5, 0.6) is 0 Å². The van der Waals surface area contributed by atoms with Gasteiger partial charge in [0.25, 0.3) is 0 Å². The molecule has 1 heterocycles. The van der Waals surface area contributed by atoms with Crippen molar-refractivity contribution < 1.29 is 8.42 Å². The monoisotopic (exact) mass is 338 g/mol. The summed E-state index contributed by atoms with van der Waals surface area (Å²) >= 11 is 0. The Hall–Kier alpha value is 0.160. The minimum atomic E-state index is -3.01. The first-order valence-electron chi connectivity index (χ1n) is 8.30. The lowest BCUT2D eigenvalue weighted by Crippen LogP contribution is -2.42. The molecule has 0 aromatic heterocycles. The third-order valence-corrected chi connectivity index (χ3v) is 6.87. The van der Waals surface area contributed by atoms with Crippen molar-refractivity contribution in [2.45, 2.75) is 51.9 Å². The van der Waals surface area contributed by atoms with E-state index in [1.807, 2.05) is 0 Å². The molecule has 0 bridgehead atoms. The lowest BCUT2D eigenvalue weighted by atomic mass is 9.91. The molecule has 2 rings (SSSR count). The molecule has 2 fully saturated rings. The van der Waals surface area contributed by atoms with E-state index in [4.69, 9.17) is 0 Å². The van der Waals surface area contributed by atoms with Crippen molar-refractivity contribution in [3.63, 3.8) is 0 Å². The van der Waals surface area contributed by atoms with Gasteiger partial charge < -0.3 is 5.32 Å². The zero-order valence-corrected chi connectivity index (χ0v) is 14.9. The highest BCUT2D eigenvalue weighted by molar-refractivity contribution is 7.89. The minimum Gasteiger partial charge on any atom is -0.317 e. The normalized spacial score (nSPS) is 22.9. The van der Waals surface area contributed by atoms with Gasteiger partial charge in [0.1, 0.15) is 0 Å². The number of halogens is 1. The van der Waals surface area contributed by atoms with E-state index in [-0.39, 0.29) is 12.4 Å². The van der Waals surface area contributed by atoms with Gasteiger partial charge in [-0.2, -0.15) is 0 Å². The first-order chi connectivity index (χ1) is 9.62. The smallest absolute Gasteiger partial charge is 0.214 e. The van der Waals surface area contributed by atoms with Crippen LogP contribution in [0.1, 0.15) is 51.9 Å². The number of hydrogen-bond donors (Lipinski definition) is 1. The maximum Gasteiger partial charge on any atom is 0.214 e. The first kappa shape index (κ1) is 19.2. The van der Waals surface area contributed by atoms with Crippen molar-refractivity contribution in [1.29, 1.82) is 0 Å². The lowest BCUT2D eigenvalue weighted by Gasteiger charge is -2.33. The molecular weight excluding hydrogens is 308 g/mol. The van der Waals surface area contributed by atoms with Gasteiger partial charge in [0.2, 0.25) is 10.0 Å². The fraction of sp³-hybridized carbons (Fsp3) is 1.00. The molecule has 1 aliphatic carbocycles. The molecule has 21 heavy (non-hydrogen) atoms. The molecule has 126 valence electrons. The van der Waals surface area contributed by atoms with Crippen LogP contribution in [-0.2, 0) is 10.0 Å². The number of piperidine rings is 1. The van der Waals surface area contributed by atoms with Gasteiger partial charge in [-0.05, 0) is 50.6 Å². The third kappa shape index (κ3) is 6.05. The van der Waals surface area contributed by atoms with Crippen molar-refractivity contribution in [2.75, 3.05) is 31.9 Å². The van der Waals surface area contributed by atoms with Crippen molar-refractivity contribution in [2.24, 2.45) is 11.8 Å². The molecule has 0 atom stereocenters. The van der Waals surface area contributed by atoms with E-state index in [2.05, 4.69) is 12.2 Å². The predicted molar refractivity (Wildman–Crippen MR) is 90.5 cm³/mol. The van der Waals surface area contributed by atoms with Crippen molar-refractivity contribution in [3.05, 3.63) is 0 Å².